The van der Waals surface area contributed by atoms with Crippen LogP contribution in [0.5, 0.6) is 11.5 Å². The molecular formula is C47H69N7O3. The number of rotatable bonds is 26. The fourth-order valence-corrected chi connectivity index (χ4v) is 8.05. The van der Waals surface area contributed by atoms with E-state index in [2.05, 4.69) is 93.0 Å². The number of hydrogen-bond acceptors (Lipinski definition) is 10. The summed E-state index contributed by atoms with van der Waals surface area (Å²) in [5.74, 6) is 0.560. The fraction of sp³-hybridized carbons (Fsp3) is 0.489. The molecule has 1 fully saturated rings. The highest BCUT2D eigenvalue weighted by Gasteiger charge is 2.29. The second kappa shape index (κ2) is 24.2. The number of hydrogen-bond donors (Lipinski definition) is 9. The molecule has 10 heteroatoms. The molecule has 0 aliphatic carbocycles. The molecule has 4 aromatic carbocycles. The largest absolute Gasteiger partial charge is 0.508 e. The molecule has 57 heavy (non-hydrogen) atoms. The molecule has 5 rings (SSSR count). The summed E-state index contributed by atoms with van der Waals surface area (Å²) in [5, 5.41) is 49.5. The van der Waals surface area contributed by atoms with Crippen molar-refractivity contribution in [2.24, 2.45) is 5.73 Å². The first-order valence-electron chi connectivity index (χ1n) is 21.2. The van der Waals surface area contributed by atoms with Crippen LogP contribution in [0.1, 0.15) is 48.9 Å². The fourth-order valence-electron chi connectivity index (χ4n) is 8.05. The maximum atomic E-state index is 10.8. The van der Waals surface area contributed by atoms with Gasteiger partial charge in [0, 0.05) is 75.5 Å². The number of aromatic hydroxyl groups is 2. The van der Waals surface area contributed by atoms with Gasteiger partial charge in [-0.15, -0.1) is 0 Å². The van der Waals surface area contributed by atoms with Crippen LogP contribution >= 0.6 is 0 Å². The minimum absolute atomic E-state index is 0.0812. The molecule has 0 radical (unpaired) electrons. The van der Waals surface area contributed by atoms with E-state index in [1.165, 1.54) is 22.3 Å². The molecule has 0 spiro atoms. The second-order valence-corrected chi connectivity index (χ2v) is 16.0. The Morgan fingerprint density at radius 2 is 1.09 bits per heavy atom. The van der Waals surface area contributed by atoms with Gasteiger partial charge in [-0.25, -0.2) is 0 Å². The number of likely N-dealkylation sites (N-methyl/N-ethyl adjacent to an activating group) is 1. The Labute approximate surface area is 341 Å². The molecule has 1 aliphatic rings. The van der Waals surface area contributed by atoms with Crippen LogP contribution in [0.2, 0.25) is 0 Å². The van der Waals surface area contributed by atoms with Crippen molar-refractivity contribution in [2.75, 3.05) is 52.4 Å². The average Bonchev–Trinajstić information content (AvgIpc) is 3.67. The van der Waals surface area contributed by atoms with E-state index in [-0.39, 0.29) is 41.7 Å². The van der Waals surface area contributed by atoms with Crippen molar-refractivity contribution in [1.29, 1.82) is 0 Å². The molecule has 0 bridgehead atoms. The third kappa shape index (κ3) is 15.8. The van der Waals surface area contributed by atoms with Crippen molar-refractivity contribution in [2.45, 2.75) is 94.7 Å². The van der Waals surface area contributed by atoms with Crippen LogP contribution in [0.15, 0.2) is 109 Å². The number of benzene rings is 4. The normalized spacial score (nSPS) is 17.9. The van der Waals surface area contributed by atoms with Crippen LogP contribution < -0.4 is 32.3 Å². The molecule has 310 valence electrons. The molecule has 0 aromatic heterocycles. The summed E-state index contributed by atoms with van der Waals surface area (Å²) in [5.41, 5.74) is 11.1. The topological polar surface area (TPSA) is 150 Å². The van der Waals surface area contributed by atoms with Gasteiger partial charge in [-0.05, 0) is 105 Å². The third-order valence-corrected chi connectivity index (χ3v) is 11.3. The first-order valence-corrected chi connectivity index (χ1v) is 21.2. The number of likely N-dealkylation sites (tertiary alicyclic amines) is 1. The Bertz CT molecular complexity index is 1650. The maximum Gasteiger partial charge on any atom is 0.115 e. The SMILES string of the molecule is CCN[C@H](CN[C@H](CN[C@@H](Cc1ccccc1)CN1CCC[C@H]1CN[C@@H](CN[C@H](CN)Cc1ccccc1)[C@@H](C)O)Cc1ccc(O)cc1)Cc1ccc(O)cc1. The zero-order valence-electron chi connectivity index (χ0n) is 34.2. The van der Waals surface area contributed by atoms with E-state index < -0.39 is 6.10 Å². The van der Waals surface area contributed by atoms with Crippen molar-refractivity contribution < 1.29 is 15.3 Å². The number of nitrogens with two attached hydrogens (primary N) is 1. The molecule has 1 aliphatic heterocycles. The molecule has 0 saturated carbocycles. The summed E-state index contributed by atoms with van der Waals surface area (Å²) in [6, 6.07) is 37.3. The lowest BCUT2D eigenvalue weighted by atomic mass is 10.0. The van der Waals surface area contributed by atoms with Gasteiger partial charge in [-0.3, -0.25) is 4.90 Å². The molecule has 1 saturated heterocycles. The van der Waals surface area contributed by atoms with E-state index in [4.69, 9.17) is 5.73 Å². The third-order valence-electron chi connectivity index (χ3n) is 11.3. The molecule has 4 aromatic rings. The van der Waals surface area contributed by atoms with Gasteiger partial charge in [0.05, 0.1) is 6.10 Å². The van der Waals surface area contributed by atoms with Crippen molar-refractivity contribution >= 4 is 0 Å². The number of aliphatic hydroxyl groups excluding tert-OH is 1. The Morgan fingerprint density at radius 3 is 1.61 bits per heavy atom. The Kier molecular flexibility index (Phi) is 18.8. The second-order valence-electron chi connectivity index (χ2n) is 16.0. The zero-order valence-corrected chi connectivity index (χ0v) is 34.2. The van der Waals surface area contributed by atoms with E-state index in [1.807, 2.05) is 37.3 Å². The van der Waals surface area contributed by atoms with Crippen LogP contribution in [0, 0.1) is 0 Å². The highest BCUT2D eigenvalue weighted by atomic mass is 16.3. The summed E-state index contributed by atoms with van der Waals surface area (Å²) >= 11 is 0. The smallest absolute Gasteiger partial charge is 0.115 e. The average molecular weight is 780 g/mol. The first kappa shape index (κ1) is 44.3. The lowest BCUT2D eigenvalue weighted by Crippen LogP contribution is -2.54. The molecule has 7 atom stereocenters. The Morgan fingerprint density at radius 1 is 0.614 bits per heavy atom. The van der Waals surface area contributed by atoms with E-state index >= 15 is 0 Å². The molecule has 10 nitrogen and oxygen atoms in total. The minimum Gasteiger partial charge on any atom is -0.508 e. The van der Waals surface area contributed by atoms with Gasteiger partial charge >= 0.3 is 0 Å². The van der Waals surface area contributed by atoms with Gasteiger partial charge in [0.25, 0.3) is 0 Å². The van der Waals surface area contributed by atoms with E-state index in [0.29, 0.717) is 19.1 Å². The number of nitrogens with one attached hydrogen (secondary N) is 5. The summed E-state index contributed by atoms with van der Waals surface area (Å²) in [7, 11) is 0. The standard InChI is InChI=1S/C47H69N7O3/c1-3-49-41(26-38-16-20-45(56)21-17-38)30-50-42(27-39-18-22-46(57)23-19-39)31-51-43(28-37-13-8-5-9-14-37)34-54-24-10-15-44(54)32-53-47(35(2)55)33-52-40(29-48)25-36-11-6-4-7-12-36/h4-9,11-14,16-23,35,40-44,47,49-53,55-57H,3,10,15,24-34,48H2,1-2H3/t35-,40+,41+,42+,43+,44+,47+/m1/s1. The molecule has 0 amide bonds. The molecular weight excluding hydrogens is 711 g/mol. The van der Waals surface area contributed by atoms with Gasteiger partial charge < -0.3 is 47.6 Å². The van der Waals surface area contributed by atoms with E-state index in [9.17, 15) is 15.3 Å². The van der Waals surface area contributed by atoms with Crippen molar-refractivity contribution in [1.82, 2.24) is 31.5 Å². The van der Waals surface area contributed by atoms with Crippen LogP contribution in [-0.2, 0) is 25.7 Å². The number of nitrogens with zero attached hydrogens (tertiary/aromatic N) is 1. The summed E-state index contributed by atoms with van der Waals surface area (Å²) in [4.78, 5) is 2.64. The summed E-state index contributed by atoms with van der Waals surface area (Å²) in [6.07, 6.45) is 5.25. The van der Waals surface area contributed by atoms with Crippen LogP contribution in [0.3, 0.4) is 0 Å². The van der Waals surface area contributed by atoms with Crippen molar-refractivity contribution in [3.05, 3.63) is 131 Å². The number of phenols is 2. The quantitative estimate of drug-likeness (QED) is 0.0459. The van der Waals surface area contributed by atoms with Crippen LogP contribution in [0.25, 0.3) is 0 Å². The highest BCUT2D eigenvalue weighted by Crippen LogP contribution is 2.19. The Hall–Kier alpha value is -3.84. The van der Waals surface area contributed by atoms with Crippen LogP contribution in [0.4, 0.5) is 0 Å². The molecule has 0 unspecified atom stereocenters. The minimum atomic E-state index is -0.499. The van der Waals surface area contributed by atoms with E-state index in [0.717, 1.165) is 77.8 Å². The number of aliphatic hydroxyl groups is 1. The molecule has 10 N–H and O–H groups in total. The lowest BCUT2D eigenvalue weighted by Gasteiger charge is -2.33. The first-order chi connectivity index (χ1) is 27.8. The predicted octanol–water partition coefficient (Wildman–Crippen LogP) is 3.98. The van der Waals surface area contributed by atoms with Gasteiger partial charge in [0.15, 0.2) is 0 Å². The van der Waals surface area contributed by atoms with Gasteiger partial charge in [0.1, 0.15) is 11.5 Å². The summed E-state index contributed by atoms with van der Waals surface area (Å²) < 4.78 is 0. The summed E-state index contributed by atoms with van der Waals surface area (Å²) in [6.45, 7) is 10.4. The van der Waals surface area contributed by atoms with Crippen molar-refractivity contribution in [3.8, 4) is 11.5 Å². The predicted molar refractivity (Wildman–Crippen MR) is 234 cm³/mol. The van der Waals surface area contributed by atoms with Gasteiger partial charge in [-0.1, -0.05) is 91.9 Å². The van der Waals surface area contributed by atoms with Gasteiger partial charge in [0.2, 0.25) is 0 Å². The Balaban J connectivity index is 1.22. The van der Waals surface area contributed by atoms with Gasteiger partial charge in [-0.2, -0.15) is 0 Å². The molecule has 1 heterocycles. The monoisotopic (exact) mass is 780 g/mol. The van der Waals surface area contributed by atoms with Crippen molar-refractivity contribution in [3.63, 3.8) is 0 Å². The number of phenolic OH excluding ortho intramolecular Hbond substituents is 2. The lowest BCUT2D eigenvalue weighted by molar-refractivity contribution is 0.133. The van der Waals surface area contributed by atoms with Crippen LogP contribution in [-0.4, -0.2) is 115 Å². The van der Waals surface area contributed by atoms with E-state index in [1.54, 1.807) is 24.3 Å². The highest BCUT2D eigenvalue weighted by molar-refractivity contribution is 5.28. The zero-order chi connectivity index (χ0) is 40.2. The maximum absolute atomic E-state index is 10.8.